The van der Waals surface area contributed by atoms with Gasteiger partial charge in [0.05, 0.1) is 29.0 Å². The number of aromatic amines is 1. The molecule has 6 heteroatoms. The van der Waals surface area contributed by atoms with Crippen LogP contribution in [0.3, 0.4) is 0 Å². The smallest absolute Gasteiger partial charge is 0.254 e. The molecule has 3 heterocycles. The number of fused-ring (bicyclic) bond motifs is 2. The fourth-order valence-electron chi connectivity index (χ4n) is 3.96. The number of hydrogen-bond donors (Lipinski definition) is 2. The average Bonchev–Trinajstić information content (AvgIpc) is 3.33. The van der Waals surface area contributed by atoms with Crippen LogP contribution in [0.15, 0.2) is 60.9 Å². The van der Waals surface area contributed by atoms with Gasteiger partial charge in [-0.1, -0.05) is 24.3 Å². The number of nitrogens with zero attached hydrogens (tertiary/aromatic N) is 3. The Bertz CT molecular complexity index is 1170. The second-order valence-corrected chi connectivity index (χ2v) is 7.37. The highest BCUT2D eigenvalue weighted by molar-refractivity contribution is 5.97. The summed E-state index contributed by atoms with van der Waals surface area (Å²) in [6.07, 6.45) is 1.72. The van der Waals surface area contributed by atoms with Crippen molar-refractivity contribution in [2.75, 3.05) is 13.1 Å². The Morgan fingerprint density at radius 3 is 2.93 bits per heavy atom. The molecule has 6 nitrogen and oxygen atoms in total. The van der Waals surface area contributed by atoms with Crippen LogP contribution in [0.4, 0.5) is 0 Å². The molecule has 0 radical (unpaired) electrons. The van der Waals surface area contributed by atoms with E-state index in [0.29, 0.717) is 25.1 Å². The number of β-amino-alcohol motifs (C(OH)–C–C–N with tert-alkyl or cyclic N) is 1. The van der Waals surface area contributed by atoms with Crippen LogP contribution in [-0.2, 0) is 6.42 Å². The van der Waals surface area contributed by atoms with Crippen molar-refractivity contribution in [3.05, 3.63) is 72.2 Å². The van der Waals surface area contributed by atoms with E-state index in [2.05, 4.69) is 16.0 Å². The van der Waals surface area contributed by atoms with E-state index in [0.717, 1.165) is 27.6 Å². The lowest BCUT2D eigenvalue weighted by molar-refractivity contribution is 0.0765. The van der Waals surface area contributed by atoms with E-state index in [4.69, 9.17) is 4.98 Å². The summed E-state index contributed by atoms with van der Waals surface area (Å²) in [6.45, 7) is 0.869. The van der Waals surface area contributed by atoms with Crippen LogP contribution in [0.25, 0.3) is 21.9 Å². The van der Waals surface area contributed by atoms with E-state index in [1.807, 2.05) is 42.5 Å². The molecule has 5 rings (SSSR count). The van der Waals surface area contributed by atoms with Crippen LogP contribution in [0.2, 0.25) is 0 Å². The molecule has 0 bridgehead atoms. The maximum atomic E-state index is 12.9. The Labute approximate surface area is 161 Å². The summed E-state index contributed by atoms with van der Waals surface area (Å²) in [7, 11) is 0. The highest BCUT2D eigenvalue weighted by atomic mass is 16.3. The fraction of sp³-hybridized carbons (Fsp3) is 0.227. The van der Waals surface area contributed by atoms with Crippen LogP contribution in [0.5, 0.6) is 0 Å². The number of carbonyl (C=O) groups is 1. The van der Waals surface area contributed by atoms with Crippen LogP contribution < -0.4 is 0 Å². The Balaban J connectivity index is 1.33. The van der Waals surface area contributed by atoms with Gasteiger partial charge >= 0.3 is 0 Å². The van der Waals surface area contributed by atoms with Gasteiger partial charge in [0.2, 0.25) is 0 Å². The third kappa shape index (κ3) is 3.01. The molecule has 0 unspecified atom stereocenters. The molecular weight excluding hydrogens is 352 g/mol. The maximum Gasteiger partial charge on any atom is 0.254 e. The third-order valence-electron chi connectivity index (χ3n) is 5.49. The van der Waals surface area contributed by atoms with E-state index >= 15 is 0 Å². The van der Waals surface area contributed by atoms with Crippen molar-refractivity contribution in [3.63, 3.8) is 0 Å². The molecule has 1 saturated heterocycles. The predicted octanol–water partition coefficient (Wildman–Crippen LogP) is 2.79. The number of likely N-dealkylation sites (tertiary alicyclic amines) is 1. The first-order valence-corrected chi connectivity index (χ1v) is 9.42. The summed E-state index contributed by atoms with van der Waals surface area (Å²) in [6, 6.07) is 17.5. The number of amides is 1. The number of rotatable bonds is 3. The number of H-pyrrole nitrogens is 1. The fourth-order valence-corrected chi connectivity index (χ4v) is 3.96. The van der Waals surface area contributed by atoms with Gasteiger partial charge < -0.3 is 15.0 Å². The number of aromatic nitrogens is 3. The Morgan fingerprint density at radius 2 is 2.00 bits per heavy atom. The molecule has 2 aromatic heterocycles. The molecular formula is C22H20N4O2. The molecule has 0 aliphatic carbocycles. The van der Waals surface area contributed by atoms with E-state index in [1.54, 1.807) is 17.3 Å². The number of imidazole rings is 1. The Morgan fingerprint density at radius 1 is 1.11 bits per heavy atom. The largest absolute Gasteiger partial charge is 0.391 e. The minimum absolute atomic E-state index is 0.0199. The molecule has 2 N–H and O–H groups in total. The van der Waals surface area contributed by atoms with Crippen molar-refractivity contribution in [2.24, 2.45) is 5.92 Å². The van der Waals surface area contributed by atoms with E-state index in [-0.39, 0.29) is 11.8 Å². The van der Waals surface area contributed by atoms with Crippen LogP contribution in [0, 0.1) is 5.92 Å². The monoisotopic (exact) mass is 372 g/mol. The topological polar surface area (TPSA) is 82.1 Å². The van der Waals surface area contributed by atoms with Crippen LogP contribution >= 0.6 is 0 Å². The zero-order chi connectivity index (χ0) is 19.1. The lowest BCUT2D eigenvalue weighted by atomic mass is 9.99. The van der Waals surface area contributed by atoms with Gasteiger partial charge in [-0.15, -0.1) is 0 Å². The lowest BCUT2D eigenvalue weighted by Gasteiger charge is -2.16. The van der Waals surface area contributed by atoms with E-state index in [9.17, 15) is 9.90 Å². The second-order valence-electron chi connectivity index (χ2n) is 7.37. The van der Waals surface area contributed by atoms with Gasteiger partial charge in [0, 0.05) is 35.7 Å². The van der Waals surface area contributed by atoms with Gasteiger partial charge in [-0.3, -0.25) is 9.78 Å². The van der Waals surface area contributed by atoms with Crippen molar-refractivity contribution in [1.29, 1.82) is 0 Å². The van der Waals surface area contributed by atoms with Gasteiger partial charge in [0.25, 0.3) is 5.91 Å². The van der Waals surface area contributed by atoms with Gasteiger partial charge in [0.1, 0.15) is 0 Å². The second kappa shape index (κ2) is 6.73. The number of nitrogens with one attached hydrogen (secondary N) is 1. The summed E-state index contributed by atoms with van der Waals surface area (Å²) in [5.74, 6) is -0.0852. The Hall–Kier alpha value is -3.25. The minimum atomic E-state index is -0.548. The zero-order valence-electron chi connectivity index (χ0n) is 15.2. The third-order valence-corrected chi connectivity index (χ3v) is 5.49. The molecule has 28 heavy (non-hydrogen) atoms. The molecule has 1 aliphatic heterocycles. The van der Waals surface area contributed by atoms with Crippen LogP contribution in [-0.4, -0.2) is 50.1 Å². The molecule has 1 aliphatic rings. The number of aliphatic hydroxyl groups is 1. The molecule has 1 amide bonds. The van der Waals surface area contributed by atoms with E-state index in [1.165, 1.54) is 0 Å². The standard InChI is InChI=1S/C22H20N4O2/c27-21-12-26(22(28)15-6-8-19-20(10-15)24-13-23-19)11-16(21)9-17-7-5-14-3-1-2-4-18(14)25-17/h1-8,10,13,16,21,27H,9,11-12H2,(H,23,24)/t16-,21-/m1/s1. The number of carbonyl (C=O) groups excluding carboxylic acids is 1. The SMILES string of the molecule is O=C(c1ccc2nc[nH]c2c1)N1C[C@@H](Cc2ccc3ccccc3n2)[C@H](O)C1. The number of benzene rings is 2. The van der Waals surface area contributed by atoms with Crippen molar-refractivity contribution >= 4 is 27.8 Å². The summed E-state index contributed by atoms with van der Waals surface area (Å²) in [4.78, 5) is 26.5. The summed E-state index contributed by atoms with van der Waals surface area (Å²) >= 11 is 0. The van der Waals surface area contributed by atoms with Gasteiger partial charge in [-0.2, -0.15) is 0 Å². The molecule has 2 atom stereocenters. The highest BCUT2D eigenvalue weighted by Crippen LogP contribution is 2.24. The van der Waals surface area contributed by atoms with Crippen molar-refractivity contribution in [1.82, 2.24) is 19.9 Å². The van der Waals surface area contributed by atoms with Crippen molar-refractivity contribution in [3.8, 4) is 0 Å². The van der Waals surface area contributed by atoms with Gasteiger partial charge in [-0.25, -0.2) is 4.98 Å². The lowest BCUT2D eigenvalue weighted by Crippen LogP contribution is -2.29. The zero-order valence-corrected chi connectivity index (χ0v) is 15.2. The molecule has 140 valence electrons. The average molecular weight is 372 g/mol. The number of pyridine rings is 1. The first kappa shape index (κ1) is 16.9. The molecule has 1 fully saturated rings. The summed E-state index contributed by atoms with van der Waals surface area (Å²) in [5, 5.41) is 11.6. The molecule has 2 aromatic carbocycles. The predicted molar refractivity (Wildman–Crippen MR) is 107 cm³/mol. The van der Waals surface area contributed by atoms with Crippen LogP contribution in [0.1, 0.15) is 16.1 Å². The first-order valence-electron chi connectivity index (χ1n) is 9.42. The number of aliphatic hydroxyl groups excluding tert-OH is 1. The number of hydrogen-bond acceptors (Lipinski definition) is 4. The molecule has 0 saturated carbocycles. The van der Waals surface area contributed by atoms with Crippen molar-refractivity contribution < 1.29 is 9.90 Å². The molecule has 4 aromatic rings. The summed E-state index contributed by atoms with van der Waals surface area (Å²) in [5.41, 5.74) is 4.17. The number of para-hydroxylation sites is 1. The van der Waals surface area contributed by atoms with Gasteiger partial charge in [-0.05, 0) is 36.8 Å². The normalized spacial score (nSPS) is 19.5. The quantitative estimate of drug-likeness (QED) is 0.579. The van der Waals surface area contributed by atoms with Gasteiger partial charge in [0.15, 0.2) is 0 Å². The first-order chi connectivity index (χ1) is 13.7. The summed E-state index contributed by atoms with van der Waals surface area (Å²) < 4.78 is 0. The van der Waals surface area contributed by atoms with Crippen molar-refractivity contribution in [2.45, 2.75) is 12.5 Å². The highest BCUT2D eigenvalue weighted by Gasteiger charge is 2.34. The minimum Gasteiger partial charge on any atom is -0.391 e. The van der Waals surface area contributed by atoms with E-state index < -0.39 is 6.10 Å². The maximum absolute atomic E-state index is 12.9. The molecule has 0 spiro atoms. The Kier molecular flexibility index (Phi) is 4.06.